The van der Waals surface area contributed by atoms with E-state index in [4.69, 9.17) is 45.3 Å². The van der Waals surface area contributed by atoms with E-state index in [2.05, 4.69) is 6.92 Å². The lowest BCUT2D eigenvalue weighted by Crippen LogP contribution is -2.26. The Balaban J connectivity index is 2.83. The van der Waals surface area contributed by atoms with Gasteiger partial charge < -0.3 is 10.5 Å². The average molecular weight is 283 g/mol. The molecule has 0 aliphatic heterocycles. The fraction of sp³-hybridized carbons (Fsp3) is 0.455. The van der Waals surface area contributed by atoms with E-state index in [9.17, 15) is 0 Å². The van der Waals surface area contributed by atoms with Crippen molar-refractivity contribution in [1.29, 1.82) is 0 Å². The third kappa shape index (κ3) is 3.70. The van der Waals surface area contributed by atoms with Crippen molar-refractivity contribution in [2.75, 3.05) is 6.54 Å². The second-order valence-electron chi connectivity index (χ2n) is 3.46. The smallest absolute Gasteiger partial charge is 0.139 e. The van der Waals surface area contributed by atoms with Crippen molar-refractivity contribution in [2.45, 2.75) is 25.9 Å². The van der Waals surface area contributed by atoms with Gasteiger partial charge in [-0.2, -0.15) is 0 Å². The van der Waals surface area contributed by atoms with Crippen molar-refractivity contribution < 1.29 is 4.74 Å². The minimum atomic E-state index is -0.0419. The molecular formula is C11H14Cl3NO. The standard InChI is InChI=1S/C11H14Cl3NO/c1-2-3-7(6-15)16-11-5-9(13)8(12)4-10(11)14/h4-5,7H,2-3,6,15H2,1H3. The van der Waals surface area contributed by atoms with Gasteiger partial charge in [0, 0.05) is 12.6 Å². The topological polar surface area (TPSA) is 35.2 Å². The molecule has 5 heteroatoms. The summed E-state index contributed by atoms with van der Waals surface area (Å²) in [5, 5.41) is 1.29. The molecule has 0 saturated heterocycles. The summed E-state index contributed by atoms with van der Waals surface area (Å²) < 4.78 is 5.67. The molecule has 0 fully saturated rings. The van der Waals surface area contributed by atoms with E-state index in [1.807, 2.05) is 0 Å². The van der Waals surface area contributed by atoms with Gasteiger partial charge in [0.05, 0.1) is 15.1 Å². The van der Waals surface area contributed by atoms with Crippen LogP contribution in [0.1, 0.15) is 19.8 Å². The Labute approximate surface area is 111 Å². The Kier molecular flexibility index (Phi) is 5.70. The van der Waals surface area contributed by atoms with Crippen LogP contribution in [0.4, 0.5) is 0 Å². The van der Waals surface area contributed by atoms with Crippen LogP contribution >= 0.6 is 34.8 Å². The lowest BCUT2D eigenvalue weighted by Gasteiger charge is -2.18. The SMILES string of the molecule is CCCC(CN)Oc1cc(Cl)c(Cl)cc1Cl. The van der Waals surface area contributed by atoms with Gasteiger partial charge in [-0.1, -0.05) is 48.1 Å². The van der Waals surface area contributed by atoms with Gasteiger partial charge in [-0.3, -0.25) is 0 Å². The van der Waals surface area contributed by atoms with E-state index < -0.39 is 0 Å². The van der Waals surface area contributed by atoms with Crippen molar-refractivity contribution in [2.24, 2.45) is 5.73 Å². The van der Waals surface area contributed by atoms with Crippen LogP contribution in [-0.2, 0) is 0 Å². The highest BCUT2D eigenvalue weighted by atomic mass is 35.5. The number of hydrogen-bond acceptors (Lipinski definition) is 2. The maximum Gasteiger partial charge on any atom is 0.139 e. The molecule has 2 N–H and O–H groups in total. The second kappa shape index (κ2) is 6.55. The molecule has 0 aliphatic rings. The maximum absolute atomic E-state index is 5.99. The van der Waals surface area contributed by atoms with Crippen LogP contribution in [0.3, 0.4) is 0 Å². The van der Waals surface area contributed by atoms with E-state index in [-0.39, 0.29) is 6.10 Å². The molecule has 90 valence electrons. The van der Waals surface area contributed by atoms with Crippen molar-refractivity contribution in [3.63, 3.8) is 0 Å². The van der Waals surface area contributed by atoms with Gasteiger partial charge in [0.1, 0.15) is 11.9 Å². The maximum atomic E-state index is 5.99. The lowest BCUT2D eigenvalue weighted by molar-refractivity contribution is 0.198. The van der Waals surface area contributed by atoms with E-state index in [1.54, 1.807) is 12.1 Å². The van der Waals surface area contributed by atoms with Gasteiger partial charge in [0.2, 0.25) is 0 Å². The highest BCUT2D eigenvalue weighted by Crippen LogP contribution is 2.34. The van der Waals surface area contributed by atoms with E-state index in [1.165, 1.54) is 0 Å². The van der Waals surface area contributed by atoms with Crippen molar-refractivity contribution >= 4 is 34.8 Å². The van der Waals surface area contributed by atoms with Gasteiger partial charge in [0.25, 0.3) is 0 Å². The molecular weight excluding hydrogens is 268 g/mol. The first kappa shape index (κ1) is 13.9. The van der Waals surface area contributed by atoms with Gasteiger partial charge >= 0.3 is 0 Å². The van der Waals surface area contributed by atoms with Gasteiger partial charge in [-0.25, -0.2) is 0 Å². The Hall–Kier alpha value is -0.150. The zero-order valence-electron chi connectivity index (χ0n) is 8.97. The first-order valence-corrected chi connectivity index (χ1v) is 6.23. The molecule has 1 atom stereocenters. The average Bonchev–Trinajstić information content (AvgIpc) is 2.25. The quantitative estimate of drug-likeness (QED) is 0.823. The molecule has 1 rings (SSSR count). The molecule has 2 nitrogen and oxygen atoms in total. The summed E-state index contributed by atoms with van der Waals surface area (Å²) in [5.41, 5.74) is 5.60. The fourth-order valence-electron chi connectivity index (χ4n) is 1.32. The van der Waals surface area contributed by atoms with Crippen LogP contribution in [0.15, 0.2) is 12.1 Å². The van der Waals surface area contributed by atoms with Crippen LogP contribution < -0.4 is 10.5 Å². The predicted molar refractivity (Wildman–Crippen MR) is 69.9 cm³/mol. The summed E-state index contributed by atoms with van der Waals surface area (Å²) in [6.45, 7) is 2.52. The summed E-state index contributed by atoms with van der Waals surface area (Å²) in [7, 11) is 0. The highest BCUT2D eigenvalue weighted by molar-refractivity contribution is 6.43. The van der Waals surface area contributed by atoms with E-state index >= 15 is 0 Å². The number of hydrogen-bond donors (Lipinski definition) is 1. The summed E-state index contributed by atoms with van der Waals surface area (Å²) in [4.78, 5) is 0. The number of halogens is 3. The molecule has 0 heterocycles. The molecule has 0 amide bonds. The first-order chi connectivity index (χ1) is 7.58. The number of rotatable bonds is 5. The molecule has 1 unspecified atom stereocenters. The fourth-order valence-corrected chi connectivity index (χ4v) is 1.90. The van der Waals surface area contributed by atoms with Gasteiger partial charge in [-0.05, 0) is 12.5 Å². The van der Waals surface area contributed by atoms with Crippen LogP contribution in [0, 0.1) is 0 Å². The third-order valence-corrected chi connectivity index (χ3v) is 3.16. The van der Waals surface area contributed by atoms with Crippen LogP contribution in [0.25, 0.3) is 0 Å². The summed E-state index contributed by atoms with van der Waals surface area (Å²) in [6, 6.07) is 3.19. The minimum Gasteiger partial charge on any atom is -0.487 e. The van der Waals surface area contributed by atoms with Gasteiger partial charge in [-0.15, -0.1) is 0 Å². The monoisotopic (exact) mass is 281 g/mol. The third-order valence-electron chi connectivity index (χ3n) is 2.14. The van der Waals surface area contributed by atoms with Crippen molar-refractivity contribution in [1.82, 2.24) is 0 Å². The summed E-state index contributed by atoms with van der Waals surface area (Å²) >= 11 is 17.7. The normalized spacial score (nSPS) is 12.6. The first-order valence-electron chi connectivity index (χ1n) is 5.09. The lowest BCUT2D eigenvalue weighted by atomic mass is 10.2. The summed E-state index contributed by atoms with van der Waals surface area (Å²) in [6.07, 6.45) is 1.84. The van der Waals surface area contributed by atoms with Crippen LogP contribution in [0.2, 0.25) is 15.1 Å². The zero-order chi connectivity index (χ0) is 12.1. The van der Waals surface area contributed by atoms with Crippen LogP contribution in [-0.4, -0.2) is 12.6 Å². The molecule has 0 radical (unpaired) electrons. The molecule has 0 spiro atoms. The Morgan fingerprint density at radius 2 is 1.81 bits per heavy atom. The molecule has 0 saturated carbocycles. The second-order valence-corrected chi connectivity index (χ2v) is 4.68. The Bertz CT molecular complexity index is 357. The minimum absolute atomic E-state index is 0.0419. The molecule has 1 aromatic carbocycles. The molecule has 1 aromatic rings. The van der Waals surface area contributed by atoms with E-state index in [0.717, 1.165) is 12.8 Å². The zero-order valence-corrected chi connectivity index (χ0v) is 11.2. The Morgan fingerprint density at radius 3 is 2.38 bits per heavy atom. The summed E-state index contributed by atoms with van der Waals surface area (Å²) in [5.74, 6) is 0.528. The molecule has 0 aliphatic carbocycles. The molecule has 0 aromatic heterocycles. The Morgan fingerprint density at radius 1 is 1.19 bits per heavy atom. The van der Waals surface area contributed by atoms with E-state index in [0.29, 0.717) is 27.4 Å². The van der Waals surface area contributed by atoms with Crippen LogP contribution in [0.5, 0.6) is 5.75 Å². The highest BCUT2D eigenvalue weighted by Gasteiger charge is 2.12. The largest absolute Gasteiger partial charge is 0.487 e. The van der Waals surface area contributed by atoms with Crippen molar-refractivity contribution in [3.05, 3.63) is 27.2 Å². The number of ether oxygens (including phenoxy) is 1. The molecule has 0 bridgehead atoms. The number of benzene rings is 1. The molecule has 16 heavy (non-hydrogen) atoms. The van der Waals surface area contributed by atoms with Crippen molar-refractivity contribution in [3.8, 4) is 5.75 Å². The predicted octanol–water partition coefficient (Wildman–Crippen LogP) is 4.15. The van der Waals surface area contributed by atoms with Gasteiger partial charge in [0.15, 0.2) is 0 Å². The number of nitrogens with two attached hydrogens (primary N) is 1.